The Morgan fingerprint density at radius 3 is 2.58 bits per heavy atom. The van der Waals surface area contributed by atoms with Gasteiger partial charge >= 0.3 is 6.09 Å². The number of carbonyl (C=O) groups excluding carboxylic acids is 1. The van der Waals surface area contributed by atoms with Crippen molar-refractivity contribution in [3.05, 3.63) is 83.9 Å². The summed E-state index contributed by atoms with van der Waals surface area (Å²) >= 11 is 1.52. The fraction of sp³-hybridized carbons (Fsp3) is 0.125. The van der Waals surface area contributed by atoms with Gasteiger partial charge in [-0.1, -0.05) is 60.3 Å². The molecule has 1 amide bonds. The maximum Gasteiger partial charge on any atom is 0.411 e. The number of fused-ring (bicyclic) bond motifs is 1. The van der Waals surface area contributed by atoms with Gasteiger partial charge < -0.3 is 25.5 Å². The molecule has 4 N–H and O–H groups in total. The van der Waals surface area contributed by atoms with Crippen LogP contribution in [0.5, 0.6) is 11.6 Å². The number of primary amides is 1. The summed E-state index contributed by atoms with van der Waals surface area (Å²) < 4.78 is 10.6. The van der Waals surface area contributed by atoms with Gasteiger partial charge in [-0.3, -0.25) is 0 Å². The molecule has 4 aromatic rings. The van der Waals surface area contributed by atoms with E-state index in [1.807, 2.05) is 66.7 Å². The minimum Gasteiger partial charge on any atom is -0.496 e. The Labute approximate surface area is 184 Å². The van der Waals surface area contributed by atoms with Crippen LogP contribution in [0.4, 0.5) is 4.79 Å². The predicted molar refractivity (Wildman–Crippen MR) is 123 cm³/mol. The quantitative estimate of drug-likeness (QED) is 0.361. The fourth-order valence-corrected chi connectivity index (χ4v) is 4.38. The molecule has 0 saturated heterocycles. The molecule has 0 aliphatic rings. The van der Waals surface area contributed by atoms with Gasteiger partial charge in [-0.25, -0.2) is 4.79 Å². The van der Waals surface area contributed by atoms with Crippen LogP contribution in [0.3, 0.4) is 0 Å². The summed E-state index contributed by atoms with van der Waals surface area (Å²) in [6, 6.07) is 24.0. The Balaban J connectivity index is 1.55. The highest BCUT2D eigenvalue weighted by molar-refractivity contribution is 7.99. The number of para-hydroxylation sites is 1. The van der Waals surface area contributed by atoms with E-state index in [1.54, 1.807) is 7.11 Å². The lowest BCUT2D eigenvalue weighted by molar-refractivity contribution is 0.208. The normalized spacial score (nSPS) is 10.9. The van der Waals surface area contributed by atoms with Crippen molar-refractivity contribution in [1.82, 2.24) is 10.3 Å². The number of rotatable bonds is 8. The molecule has 31 heavy (non-hydrogen) atoms. The van der Waals surface area contributed by atoms with E-state index < -0.39 is 6.09 Å². The highest BCUT2D eigenvalue weighted by Gasteiger charge is 2.16. The monoisotopic (exact) mass is 433 g/mol. The van der Waals surface area contributed by atoms with Gasteiger partial charge in [0, 0.05) is 34.5 Å². The van der Waals surface area contributed by atoms with Crippen molar-refractivity contribution in [3.8, 4) is 11.6 Å². The maximum absolute atomic E-state index is 11.4. The average Bonchev–Trinajstić information content (AvgIpc) is 3.10. The van der Waals surface area contributed by atoms with Gasteiger partial charge in [-0.05, 0) is 29.8 Å². The largest absolute Gasteiger partial charge is 0.496 e. The molecule has 1 aromatic heterocycles. The van der Waals surface area contributed by atoms with Crippen LogP contribution in [-0.4, -0.2) is 18.2 Å². The second kappa shape index (κ2) is 9.59. The molecule has 0 fully saturated rings. The van der Waals surface area contributed by atoms with E-state index in [0.717, 1.165) is 37.6 Å². The summed E-state index contributed by atoms with van der Waals surface area (Å²) in [5.74, 6) is 1.22. The number of methoxy groups -OCH3 is 1. The summed E-state index contributed by atoms with van der Waals surface area (Å²) in [7, 11) is 1.68. The van der Waals surface area contributed by atoms with E-state index in [1.165, 1.54) is 11.8 Å². The van der Waals surface area contributed by atoms with E-state index in [-0.39, 0.29) is 0 Å². The predicted octanol–water partition coefficient (Wildman–Crippen LogP) is 5.08. The maximum atomic E-state index is 11.4. The number of aromatic nitrogens is 1. The highest BCUT2D eigenvalue weighted by atomic mass is 32.2. The molecule has 0 unspecified atom stereocenters. The molecule has 0 radical (unpaired) electrons. The number of ether oxygens (including phenoxy) is 2. The van der Waals surface area contributed by atoms with Crippen LogP contribution in [0.25, 0.3) is 10.9 Å². The lowest BCUT2D eigenvalue weighted by Crippen LogP contribution is -2.16. The first kappa shape index (κ1) is 20.8. The third kappa shape index (κ3) is 5.02. The van der Waals surface area contributed by atoms with Gasteiger partial charge in [0.15, 0.2) is 0 Å². The van der Waals surface area contributed by atoms with E-state index in [9.17, 15) is 4.79 Å². The first-order valence-corrected chi connectivity index (χ1v) is 10.6. The van der Waals surface area contributed by atoms with Crippen LogP contribution in [0.15, 0.2) is 82.6 Å². The van der Waals surface area contributed by atoms with Crippen molar-refractivity contribution in [2.24, 2.45) is 5.73 Å². The molecule has 0 atom stereocenters. The standard InChI is InChI=1S/C24H23N3O3S/c1-29-21-10-6-5-7-17(21)15-26-14-16-11-12-19-20(13-16)27-23(30-24(25)28)22(19)31-18-8-3-2-4-9-18/h2-13,26-27H,14-15H2,1H3,(H2,25,28). The Morgan fingerprint density at radius 1 is 1.03 bits per heavy atom. The van der Waals surface area contributed by atoms with E-state index in [0.29, 0.717) is 19.0 Å². The average molecular weight is 434 g/mol. The summed E-state index contributed by atoms with van der Waals surface area (Å²) in [6.45, 7) is 1.37. The summed E-state index contributed by atoms with van der Waals surface area (Å²) in [5, 5.41) is 4.42. The zero-order chi connectivity index (χ0) is 21.6. The molecule has 4 rings (SSSR count). The number of amides is 1. The first-order valence-electron chi connectivity index (χ1n) is 9.81. The molecular formula is C24H23N3O3S. The van der Waals surface area contributed by atoms with Crippen LogP contribution in [0.2, 0.25) is 0 Å². The Bertz CT molecular complexity index is 1190. The smallest absolute Gasteiger partial charge is 0.411 e. The molecule has 6 nitrogen and oxygen atoms in total. The molecule has 0 spiro atoms. The number of nitrogens with one attached hydrogen (secondary N) is 2. The zero-order valence-electron chi connectivity index (χ0n) is 17.1. The fourth-order valence-electron chi connectivity index (χ4n) is 3.37. The molecule has 0 aliphatic carbocycles. The molecule has 0 saturated carbocycles. The van der Waals surface area contributed by atoms with Crippen molar-refractivity contribution in [1.29, 1.82) is 0 Å². The molecule has 7 heteroatoms. The number of benzene rings is 3. The molecule has 3 aromatic carbocycles. The van der Waals surface area contributed by atoms with Crippen LogP contribution in [-0.2, 0) is 13.1 Å². The van der Waals surface area contributed by atoms with E-state index in [2.05, 4.69) is 16.4 Å². The van der Waals surface area contributed by atoms with Crippen molar-refractivity contribution in [2.75, 3.05) is 7.11 Å². The SMILES string of the molecule is COc1ccccc1CNCc1ccc2c(Sc3ccccc3)c(OC(N)=O)[nH]c2c1. The van der Waals surface area contributed by atoms with Crippen LogP contribution >= 0.6 is 11.8 Å². The lowest BCUT2D eigenvalue weighted by atomic mass is 10.1. The number of hydrogen-bond acceptors (Lipinski definition) is 5. The Kier molecular flexibility index (Phi) is 6.45. The lowest BCUT2D eigenvalue weighted by Gasteiger charge is -2.09. The van der Waals surface area contributed by atoms with Crippen LogP contribution < -0.4 is 20.5 Å². The Morgan fingerprint density at radius 2 is 1.81 bits per heavy atom. The van der Waals surface area contributed by atoms with Gasteiger partial charge in [-0.15, -0.1) is 0 Å². The van der Waals surface area contributed by atoms with Crippen LogP contribution in [0, 0.1) is 0 Å². The van der Waals surface area contributed by atoms with Gasteiger partial charge in [0.25, 0.3) is 0 Å². The first-order chi connectivity index (χ1) is 15.1. The van der Waals surface area contributed by atoms with Crippen LogP contribution in [0.1, 0.15) is 11.1 Å². The van der Waals surface area contributed by atoms with Gasteiger partial charge in [0.1, 0.15) is 5.75 Å². The molecule has 0 aliphatic heterocycles. The molecule has 0 bridgehead atoms. The van der Waals surface area contributed by atoms with Crippen molar-refractivity contribution in [2.45, 2.75) is 22.9 Å². The minimum atomic E-state index is -0.847. The third-order valence-electron chi connectivity index (χ3n) is 4.79. The van der Waals surface area contributed by atoms with E-state index >= 15 is 0 Å². The zero-order valence-corrected chi connectivity index (χ0v) is 17.9. The van der Waals surface area contributed by atoms with Crippen molar-refractivity contribution >= 4 is 28.8 Å². The number of aromatic amines is 1. The third-order valence-corrected chi connectivity index (χ3v) is 5.90. The number of hydrogen-bond donors (Lipinski definition) is 3. The topological polar surface area (TPSA) is 89.4 Å². The number of nitrogens with two attached hydrogens (primary N) is 1. The molecular weight excluding hydrogens is 410 g/mol. The van der Waals surface area contributed by atoms with Gasteiger partial charge in [0.2, 0.25) is 5.88 Å². The van der Waals surface area contributed by atoms with E-state index in [4.69, 9.17) is 15.2 Å². The second-order valence-electron chi connectivity index (χ2n) is 6.91. The van der Waals surface area contributed by atoms with Gasteiger partial charge in [-0.2, -0.15) is 0 Å². The van der Waals surface area contributed by atoms with Crippen molar-refractivity contribution in [3.63, 3.8) is 0 Å². The second-order valence-corrected chi connectivity index (χ2v) is 8.00. The molecule has 158 valence electrons. The molecule has 1 heterocycles. The summed E-state index contributed by atoms with van der Waals surface area (Å²) in [4.78, 5) is 16.5. The number of carbonyl (C=O) groups is 1. The minimum absolute atomic E-state index is 0.357. The van der Waals surface area contributed by atoms with Gasteiger partial charge in [0.05, 0.1) is 12.0 Å². The van der Waals surface area contributed by atoms with Crippen molar-refractivity contribution < 1.29 is 14.3 Å². The Hall–Kier alpha value is -3.42. The number of H-pyrrole nitrogens is 1. The summed E-state index contributed by atoms with van der Waals surface area (Å²) in [6.07, 6.45) is -0.847. The highest BCUT2D eigenvalue weighted by Crippen LogP contribution is 2.41. The summed E-state index contributed by atoms with van der Waals surface area (Å²) in [5.41, 5.74) is 8.36.